The molecule has 8 nitrogen and oxygen atoms in total. The second kappa shape index (κ2) is 5.40. The molecular formula is C10H7N3O5. The topological polar surface area (TPSA) is 115 Å². The van der Waals surface area contributed by atoms with E-state index in [4.69, 9.17) is 6.42 Å². The molecule has 1 amide bonds. The third-order valence-corrected chi connectivity index (χ3v) is 1.94. The molecule has 0 heterocycles. The van der Waals surface area contributed by atoms with Crippen LogP contribution in [0.5, 0.6) is 0 Å². The van der Waals surface area contributed by atoms with Gasteiger partial charge in [-0.3, -0.25) is 25.0 Å². The highest BCUT2D eigenvalue weighted by Gasteiger charge is 2.19. The molecule has 0 atom stereocenters. The van der Waals surface area contributed by atoms with Crippen molar-refractivity contribution in [1.82, 2.24) is 5.32 Å². The number of terminal acetylenes is 1. The van der Waals surface area contributed by atoms with Gasteiger partial charge in [0.1, 0.15) is 0 Å². The number of nitrogens with one attached hydrogen (secondary N) is 1. The van der Waals surface area contributed by atoms with Crippen LogP contribution in [0.25, 0.3) is 0 Å². The van der Waals surface area contributed by atoms with Gasteiger partial charge in [0.15, 0.2) is 0 Å². The van der Waals surface area contributed by atoms with Crippen molar-refractivity contribution in [2.45, 2.75) is 0 Å². The minimum atomic E-state index is -0.815. The molecule has 0 bridgehead atoms. The molecule has 0 spiro atoms. The van der Waals surface area contributed by atoms with Crippen molar-refractivity contribution in [3.8, 4) is 12.3 Å². The average Bonchev–Trinajstić information content (AvgIpc) is 2.35. The Balaban J connectivity index is 3.19. The molecule has 8 heteroatoms. The van der Waals surface area contributed by atoms with E-state index in [1.54, 1.807) is 0 Å². The second-order valence-electron chi connectivity index (χ2n) is 3.14. The van der Waals surface area contributed by atoms with Gasteiger partial charge in [-0.05, 0) is 0 Å². The van der Waals surface area contributed by atoms with Crippen molar-refractivity contribution >= 4 is 17.3 Å². The van der Waals surface area contributed by atoms with Crippen LogP contribution in [0, 0.1) is 32.6 Å². The van der Waals surface area contributed by atoms with Crippen LogP contribution < -0.4 is 5.32 Å². The molecule has 0 aliphatic heterocycles. The van der Waals surface area contributed by atoms with Gasteiger partial charge in [0.2, 0.25) is 0 Å². The van der Waals surface area contributed by atoms with Crippen molar-refractivity contribution < 1.29 is 14.6 Å². The van der Waals surface area contributed by atoms with E-state index in [2.05, 4.69) is 11.2 Å². The number of amides is 1. The molecule has 1 aromatic carbocycles. The fourth-order valence-electron chi connectivity index (χ4n) is 1.17. The number of nitrogens with zero attached hydrogens (tertiary/aromatic N) is 2. The van der Waals surface area contributed by atoms with Crippen LogP contribution in [-0.2, 0) is 0 Å². The van der Waals surface area contributed by atoms with E-state index in [1.807, 2.05) is 0 Å². The molecule has 0 saturated heterocycles. The Kier molecular flexibility index (Phi) is 3.93. The third kappa shape index (κ3) is 3.02. The first-order valence-corrected chi connectivity index (χ1v) is 4.61. The first-order chi connectivity index (χ1) is 8.45. The highest BCUT2D eigenvalue weighted by atomic mass is 16.6. The van der Waals surface area contributed by atoms with E-state index in [-0.39, 0.29) is 12.1 Å². The van der Waals surface area contributed by atoms with Crippen LogP contribution >= 0.6 is 0 Å². The summed E-state index contributed by atoms with van der Waals surface area (Å²) in [5, 5.41) is 23.4. The fourth-order valence-corrected chi connectivity index (χ4v) is 1.17. The summed E-state index contributed by atoms with van der Waals surface area (Å²) < 4.78 is 0. The number of carbonyl (C=O) groups is 1. The van der Waals surface area contributed by atoms with Gasteiger partial charge < -0.3 is 5.32 Å². The van der Waals surface area contributed by atoms with Gasteiger partial charge in [-0.25, -0.2) is 0 Å². The molecule has 1 N–H and O–H groups in total. The maximum atomic E-state index is 11.5. The summed E-state index contributed by atoms with van der Waals surface area (Å²) in [7, 11) is 0. The molecule has 0 aliphatic rings. The Bertz CT molecular complexity index is 529. The number of hydrogen-bond acceptors (Lipinski definition) is 5. The van der Waals surface area contributed by atoms with Gasteiger partial charge in [-0.15, -0.1) is 6.42 Å². The Hall–Kier alpha value is -2.95. The number of hydrogen-bond donors (Lipinski definition) is 1. The van der Waals surface area contributed by atoms with Crippen LogP contribution in [0.2, 0.25) is 0 Å². The van der Waals surface area contributed by atoms with Crippen molar-refractivity contribution in [2.24, 2.45) is 0 Å². The van der Waals surface area contributed by atoms with Gasteiger partial charge in [-0.1, -0.05) is 5.92 Å². The lowest BCUT2D eigenvalue weighted by molar-refractivity contribution is -0.394. The largest absolute Gasteiger partial charge is 0.341 e. The van der Waals surface area contributed by atoms with E-state index in [0.29, 0.717) is 0 Å². The molecule has 92 valence electrons. The van der Waals surface area contributed by atoms with E-state index < -0.39 is 27.1 Å². The summed E-state index contributed by atoms with van der Waals surface area (Å²) in [6.45, 7) is -0.0741. The highest BCUT2D eigenvalue weighted by molar-refractivity contribution is 5.95. The fraction of sp³-hybridized carbons (Fsp3) is 0.100. The highest BCUT2D eigenvalue weighted by Crippen LogP contribution is 2.22. The van der Waals surface area contributed by atoms with Crippen LogP contribution in [0.15, 0.2) is 18.2 Å². The Morgan fingerprint density at radius 3 is 2.11 bits per heavy atom. The van der Waals surface area contributed by atoms with Crippen molar-refractivity contribution in [2.75, 3.05) is 6.54 Å². The number of nitro groups is 2. The summed E-state index contributed by atoms with van der Waals surface area (Å²) >= 11 is 0. The van der Waals surface area contributed by atoms with Crippen molar-refractivity contribution in [1.29, 1.82) is 0 Å². The van der Waals surface area contributed by atoms with Gasteiger partial charge in [0.25, 0.3) is 17.3 Å². The standard InChI is InChI=1S/C10H7N3O5/c1-2-3-11-10(14)7-4-8(12(15)16)6-9(5-7)13(17)18/h1,4-6H,3H2,(H,11,14). The van der Waals surface area contributed by atoms with Crippen molar-refractivity contribution in [3.05, 3.63) is 44.0 Å². The normalized spacial score (nSPS) is 9.28. The monoisotopic (exact) mass is 249 g/mol. The van der Waals surface area contributed by atoms with Gasteiger partial charge in [0, 0.05) is 12.1 Å². The number of carbonyl (C=O) groups excluding carboxylic acids is 1. The predicted molar refractivity (Wildman–Crippen MR) is 60.9 cm³/mol. The molecule has 0 aliphatic carbocycles. The van der Waals surface area contributed by atoms with Crippen LogP contribution in [0.3, 0.4) is 0 Å². The maximum Gasteiger partial charge on any atom is 0.277 e. The van der Waals surface area contributed by atoms with E-state index in [1.165, 1.54) is 0 Å². The summed E-state index contributed by atoms with van der Waals surface area (Å²) in [4.78, 5) is 31.0. The summed E-state index contributed by atoms with van der Waals surface area (Å²) in [6.07, 6.45) is 4.93. The number of nitro benzene ring substituents is 2. The predicted octanol–water partition coefficient (Wildman–Crippen LogP) is 0.866. The molecule has 0 fully saturated rings. The Labute approximate surface area is 101 Å². The Morgan fingerprint density at radius 1 is 1.22 bits per heavy atom. The smallest absolute Gasteiger partial charge is 0.277 e. The lowest BCUT2D eigenvalue weighted by atomic mass is 10.1. The molecule has 0 unspecified atom stereocenters. The molecule has 1 rings (SSSR count). The summed E-state index contributed by atoms with van der Waals surface area (Å²) in [6, 6.07) is 2.66. The third-order valence-electron chi connectivity index (χ3n) is 1.94. The second-order valence-corrected chi connectivity index (χ2v) is 3.14. The van der Waals surface area contributed by atoms with E-state index in [0.717, 1.165) is 18.2 Å². The molecule has 0 saturated carbocycles. The average molecular weight is 249 g/mol. The lowest BCUT2D eigenvalue weighted by Gasteiger charge is -2.01. The number of non-ortho nitro benzene ring substituents is 2. The summed E-state index contributed by atoms with van der Waals surface area (Å²) in [5.41, 5.74) is -1.25. The quantitative estimate of drug-likeness (QED) is 0.482. The van der Waals surface area contributed by atoms with Crippen molar-refractivity contribution in [3.63, 3.8) is 0 Å². The first-order valence-electron chi connectivity index (χ1n) is 4.61. The molecular weight excluding hydrogens is 242 g/mol. The minimum Gasteiger partial charge on any atom is -0.341 e. The molecule has 0 radical (unpaired) electrons. The SMILES string of the molecule is C#CCNC(=O)c1cc([N+](=O)[O-])cc([N+](=O)[O-])c1. The maximum absolute atomic E-state index is 11.5. The van der Waals surface area contributed by atoms with E-state index >= 15 is 0 Å². The van der Waals surface area contributed by atoms with E-state index in [9.17, 15) is 25.0 Å². The zero-order chi connectivity index (χ0) is 13.7. The van der Waals surface area contributed by atoms with Gasteiger partial charge >= 0.3 is 0 Å². The van der Waals surface area contributed by atoms with Crippen LogP contribution in [-0.4, -0.2) is 22.3 Å². The zero-order valence-corrected chi connectivity index (χ0v) is 8.95. The molecule has 1 aromatic rings. The van der Waals surface area contributed by atoms with Crippen LogP contribution in [0.1, 0.15) is 10.4 Å². The molecule has 0 aromatic heterocycles. The summed E-state index contributed by atoms with van der Waals surface area (Å²) in [5.74, 6) is 1.43. The van der Waals surface area contributed by atoms with Gasteiger partial charge in [-0.2, -0.15) is 0 Å². The number of benzene rings is 1. The van der Waals surface area contributed by atoms with Crippen LogP contribution in [0.4, 0.5) is 11.4 Å². The molecule has 18 heavy (non-hydrogen) atoms. The minimum absolute atomic E-state index is 0.0741. The lowest BCUT2D eigenvalue weighted by Crippen LogP contribution is -2.23. The zero-order valence-electron chi connectivity index (χ0n) is 8.95. The van der Waals surface area contributed by atoms with Gasteiger partial charge in [0.05, 0.1) is 28.0 Å². The Morgan fingerprint density at radius 2 is 1.72 bits per heavy atom. The first kappa shape index (κ1) is 13.1. The number of rotatable bonds is 4.